The molecule has 1 saturated heterocycles. The van der Waals surface area contributed by atoms with E-state index in [1.807, 2.05) is 13.8 Å². The summed E-state index contributed by atoms with van der Waals surface area (Å²) in [6.45, 7) is 6.31. The number of anilines is 4. The number of hydrogen-bond donors (Lipinski definition) is 2. The van der Waals surface area contributed by atoms with E-state index < -0.39 is 23.3 Å². The number of hydrogen-bond acceptors (Lipinski definition) is 7. The van der Waals surface area contributed by atoms with Crippen LogP contribution in [0, 0.1) is 23.3 Å². The number of ketones is 1. The highest BCUT2D eigenvalue weighted by molar-refractivity contribution is 5.91. The summed E-state index contributed by atoms with van der Waals surface area (Å²) in [5.74, 6) is -3.08. The van der Waals surface area contributed by atoms with Gasteiger partial charge in [-0.25, -0.2) is 27.5 Å². The Kier molecular flexibility index (Phi) is 6.72. The summed E-state index contributed by atoms with van der Waals surface area (Å²) in [4.78, 5) is 23.6. The molecule has 0 atom stereocenters. The number of nitrogens with one attached hydrogen (secondary N) is 2. The van der Waals surface area contributed by atoms with E-state index in [9.17, 15) is 18.0 Å². The summed E-state index contributed by atoms with van der Waals surface area (Å²) < 4.78 is 59.5. The van der Waals surface area contributed by atoms with Gasteiger partial charge in [-0.05, 0) is 26.0 Å². The molecule has 194 valence electrons. The van der Waals surface area contributed by atoms with E-state index in [0.29, 0.717) is 31.9 Å². The van der Waals surface area contributed by atoms with E-state index in [-0.39, 0.29) is 58.9 Å². The van der Waals surface area contributed by atoms with Crippen LogP contribution in [0.25, 0.3) is 11.3 Å². The first-order valence-corrected chi connectivity index (χ1v) is 12.1. The van der Waals surface area contributed by atoms with Crippen molar-refractivity contribution in [3.05, 3.63) is 59.3 Å². The molecule has 0 spiro atoms. The zero-order valence-electron chi connectivity index (χ0n) is 20.4. The van der Waals surface area contributed by atoms with Crippen molar-refractivity contribution in [3.63, 3.8) is 0 Å². The molecule has 0 aliphatic carbocycles. The number of carbonyl (C=O) groups excluding carboxylic acids is 1. The monoisotopic (exact) mass is 514 g/mol. The van der Waals surface area contributed by atoms with Crippen molar-refractivity contribution in [2.24, 2.45) is 0 Å². The molecule has 2 aliphatic rings. The first-order chi connectivity index (χ1) is 17.7. The van der Waals surface area contributed by atoms with E-state index in [1.165, 1.54) is 0 Å². The van der Waals surface area contributed by atoms with Crippen LogP contribution in [-0.4, -0.2) is 54.5 Å². The minimum absolute atomic E-state index is 0.0431. The molecule has 1 fully saturated rings. The van der Waals surface area contributed by atoms with E-state index >= 15 is 4.39 Å². The molecule has 3 heterocycles. The third-order valence-corrected chi connectivity index (χ3v) is 6.58. The number of fused-ring (bicyclic) bond motifs is 1. The van der Waals surface area contributed by atoms with Crippen molar-refractivity contribution in [3.8, 4) is 11.3 Å². The quantitative estimate of drug-likeness (QED) is 0.495. The molecule has 0 amide bonds. The summed E-state index contributed by atoms with van der Waals surface area (Å²) in [6.07, 6.45) is 0.841. The van der Waals surface area contributed by atoms with Gasteiger partial charge in [0.1, 0.15) is 23.1 Å². The summed E-state index contributed by atoms with van der Waals surface area (Å²) in [6, 6.07) is 4.73. The second-order valence-electron chi connectivity index (χ2n) is 9.43. The molecule has 37 heavy (non-hydrogen) atoms. The minimum atomic E-state index is -0.811. The average Bonchev–Trinajstić information content (AvgIpc) is 2.87. The van der Waals surface area contributed by atoms with Crippen molar-refractivity contribution in [2.45, 2.75) is 26.3 Å². The van der Waals surface area contributed by atoms with Gasteiger partial charge in [0.15, 0.2) is 11.6 Å². The molecule has 7 nitrogen and oxygen atoms in total. The second kappa shape index (κ2) is 9.97. The molecule has 5 rings (SSSR count). The number of nitrogens with zero attached hydrogens (tertiary/aromatic N) is 4. The maximum Gasteiger partial charge on any atom is 0.228 e. The van der Waals surface area contributed by atoms with Gasteiger partial charge in [0.25, 0.3) is 0 Å². The van der Waals surface area contributed by atoms with E-state index in [4.69, 9.17) is 0 Å². The molecule has 2 N–H and O–H groups in total. The summed E-state index contributed by atoms with van der Waals surface area (Å²) >= 11 is 0. The Morgan fingerprint density at radius 2 is 1.70 bits per heavy atom. The van der Waals surface area contributed by atoms with E-state index in [2.05, 4.69) is 20.6 Å². The Morgan fingerprint density at radius 1 is 0.946 bits per heavy atom. The van der Waals surface area contributed by atoms with Gasteiger partial charge < -0.3 is 20.4 Å². The standard InChI is InChI=1S/C26H26F4N6O/c1-14(2)36-13-16(37)9-17-18(27)7-15(8-23(17)36)25-21(30)12-32-26(34-25)33-22-10-20(29)24(11-19(22)28)35-5-3-31-4-6-35/h7-8,10-12,14,31H,3-6,9,13H2,1-2H3,(H,32,33,34). The van der Waals surface area contributed by atoms with Crippen molar-refractivity contribution >= 4 is 28.8 Å². The highest BCUT2D eigenvalue weighted by Gasteiger charge is 2.28. The zero-order chi connectivity index (χ0) is 26.3. The van der Waals surface area contributed by atoms with Crippen LogP contribution in [0.1, 0.15) is 19.4 Å². The number of aromatic nitrogens is 2. The van der Waals surface area contributed by atoms with Gasteiger partial charge in [0.05, 0.1) is 24.1 Å². The van der Waals surface area contributed by atoms with Crippen LogP contribution in [0.5, 0.6) is 0 Å². The van der Waals surface area contributed by atoms with Gasteiger partial charge in [-0.1, -0.05) is 0 Å². The van der Waals surface area contributed by atoms with Gasteiger partial charge in [-0.15, -0.1) is 0 Å². The fourth-order valence-electron chi connectivity index (χ4n) is 4.71. The highest BCUT2D eigenvalue weighted by Crippen LogP contribution is 2.35. The molecule has 0 saturated carbocycles. The lowest BCUT2D eigenvalue weighted by Crippen LogP contribution is -2.43. The van der Waals surface area contributed by atoms with Crippen LogP contribution < -0.4 is 20.4 Å². The normalized spacial score (nSPS) is 15.8. The number of halogens is 4. The number of Topliss-reactive ketones (excluding diaryl/α,β-unsaturated/α-hetero) is 1. The third-order valence-electron chi connectivity index (χ3n) is 6.58. The predicted molar refractivity (Wildman–Crippen MR) is 133 cm³/mol. The molecule has 0 radical (unpaired) electrons. The lowest BCUT2D eigenvalue weighted by Gasteiger charge is -2.34. The predicted octanol–water partition coefficient (Wildman–Crippen LogP) is 4.19. The van der Waals surface area contributed by atoms with Crippen LogP contribution >= 0.6 is 0 Å². The van der Waals surface area contributed by atoms with Gasteiger partial charge in [-0.3, -0.25) is 4.79 Å². The zero-order valence-corrected chi connectivity index (χ0v) is 20.4. The van der Waals surface area contributed by atoms with Crippen LogP contribution in [0.15, 0.2) is 30.5 Å². The largest absolute Gasteiger partial charge is 0.367 e. The smallest absolute Gasteiger partial charge is 0.228 e. The van der Waals surface area contributed by atoms with E-state index in [0.717, 1.165) is 24.4 Å². The van der Waals surface area contributed by atoms with Gasteiger partial charge in [-0.2, -0.15) is 0 Å². The molecule has 0 unspecified atom stereocenters. The Labute approximate surface area is 211 Å². The Bertz CT molecular complexity index is 1360. The summed E-state index contributed by atoms with van der Waals surface area (Å²) in [7, 11) is 0. The lowest BCUT2D eigenvalue weighted by molar-refractivity contribution is -0.117. The van der Waals surface area contributed by atoms with Crippen molar-refractivity contribution in [1.82, 2.24) is 15.3 Å². The molecular formula is C26H26F4N6O. The fraction of sp³-hybridized carbons (Fsp3) is 0.346. The molecule has 2 aliphatic heterocycles. The van der Waals surface area contributed by atoms with Crippen molar-refractivity contribution in [2.75, 3.05) is 47.8 Å². The van der Waals surface area contributed by atoms with Gasteiger partial charge >= 0.3 is 0 Å². The molecule has 1 aromatic heterocycles. The SMILES string of the molecule is CC(C)N1CC(=O)Cc2c(F)cc(-c3nc(Nc4cc(F)c(N5CCNCC5)cc4F)ncc3F)cc21. The topological polar surface area (TPSA) is 73.4 Å². The van der Waals surface area contributed by atoms with Gasteiger partial charge in [0, 0.05) is 67.6 Å². The maximum atomic E-state index is 15.0. The van der Waals surface area contributed by atoms with Crippen molar-refractivity contribution < 1.29 is 22.4 Å². The Balaban J connectivity index is 1.47. The van der Waals surface area contributed by atoms with Crippen LogP contribution in [0.2, 0.25) is 0 Å². The molecule has 3 aromatic rings. The number of piperazine rings is 1. The number of rotatable bonds is 5. The summed E-state index contributed by atoms with van der Waals surface area (Å²) in [5, 5.41) is 5.76. The van der Waals surface area contributed by atoms with Gasteiger partial charge in [0.2, 0.25) is 5.95 Å². The van der Waals surface area contributed by atoms with E-state index in [1.54, 1.807) is 15.9 Å². The lowest BCUT2D eigenvalue weighted by atomic mass is 9.96. The molecule has 2 aromatic carbocycles. The number of benzene rings is 2. The first kappa shape index (κ1) is 24.9. The minimum Gasteiger partial charge on any atom is -0.367 e. The maximum absolute atomic E-state index is 15.0. The third kappa shape index (κ3) is 4.95. The highest BCUT2D eigenvalue weighted by atomic mass is 19.1. The number of carbonyl (C=O) groups is 1. The first-order valence-electron chi connectivity index (χ1n) is 12.1. The summed E-state index contributed by atoms with van der Waals surface area (Å²) in [5.41, 5.74) is 0.619. The Hall–Kier alpha value is -3.73. The second-order valence-corrected chi connectivity index (χ2v) is 9.43. The average molecular weight is 515 g/mol. The van der Waals surface area contributed by atoms with Crippen LogP contribution in [-0.2, 0) is 11.2 Å². The molecule has 0 bridgehead atoms. The molecular weight excluding hydrogens is 488 g/mol. The van der Waals surface area contributed by atoms with Crippen LogP contribution in [0.3, 0.4) is 0 Å². The fourth-order valence-corrected chi connectivity index (χ4v) is 4.71. The van der Waals surface area contributed by atoms with Crippen molar-refractivity contribution in [1.29, 1.82) is 0 Å². The van der Waals surface area contributed by atoms with Crippen LogP contribution in [0.4, 0.5) is 40.6 Å². The molecule has 11 heteroatoms. The Morgan fingerprint density at radius 3 is 2.43 bits per heavy atom.